The Hall–Kier alpha value is -7.43. The van der Waals surface area contributed by atoms with Crippen LogP contribution in [0.1, 0.15) is 34.7 Å². The summed E-state index contributed by atoms with van der Waals surface area (Å²) < 4.78 is 2.17. The fraction of sp³-hybridized carbons (Fsp3) is 0.0727. The number of allylic oxidation sites excluding steroid dienone is 7. The molecule has 2 atom stereocenters. The molecule has 0 aliphatic heterocycles. The van der Waals surface area contributed by atoms with Crippen molar-refractivity contribution in [3.05, 3.63) is 240 Å². The van der Waals surface area contributed by atoms with Gasteiger partial charge in [-0.2, -0.15) is 4.99 Å². The van der Waals surface area contributed by atoms with Gasteiger partial charge >= 0.3 is 0 Å². The van der Waals surface area contributed by atoms with Crippen molar-refractivity contribution in [3.63, 3.8) is 0 Å². The van der Waals surface area contributed by atoms with E-state index in [0.717, 1.165) is 43.8 Å². The summed E-state index contributed by atoms with van der Waals surface area (Å²) in [5.74, 6) is 1.29. The highest BCUT2D eigenvalue weighted by Crippen LogP contribution is 2.56. The molecule has 3 aliphatic rings. The van der Waals surface area contributed by atoms with E-state index in [-0.39, 0.29) is 11.3 Å². The summed E-state index contributed by atoms with van der Waals surface area (Å²) in [6.07, 6.45) is 15.3. The first kappa shape index (κ1) is 34.8. The Morgan fingerprint density at radius 1 is 0.610 bits per heavy atom. The van der Waals surface area contributed by atoms with Gasteiger partial charge in [0.2, 0.25) is 5.96 Å². The maximum atomic E-state index is 5.40. The first-order valence-electron chi connectivity index (χ1n) is 20.2. The average Bonchev–Trinajstić information content (AvgIpc) is 3.78. The van der Waals surface area contributed by atoms with Gasteiger partial charge in [-0.05, 0) is 81.2 Å². The van der Waals surface area contributed by atoms with E-state index in [9.17, 15) is 0 Å². The summed E-state index contributed by atoms with van der Waals surface area (Å²) in [5, 5.41) is 4.50. The van der Waals surface area contributed by atoms with E-state index in [1.54, 1.807) is 0 Å². The molecule has 0 saturated heterocycles. The van der Waals surface area contributed by atoms with Crippen LogP contribution in [0.25, 0.3) is 43.7 Å². The monoisotopic (exact) mass is 756 g/mol. The number of para-hydroxylation sites is 1. The normalized spacial score (nSPS) is 19.1. The Kier molecular flexibility index (Phi) is 8.02. The van der Waals surface area contributed by atoms with Crippen LogP contribution in [0.5, 0.6) is 0 Å². The van der Waals surface area contributed by atoms with Crippen molar-refractivity contribution in [2.24, 2.45) is 26.3 Å². The second-order valence-electron chi connectivity index (χ2n) is 15.9. The summed E-state index contributed by atoms with van der Waals surface area (Å²) in [6.45, 7) is 6.41. The molecule has 1 heterocycles. The topological polar surface area (TPSA) is 42.0 Å². The van der Waals surface area contributed by atoms with E-state index in [0.29, 0.717) is 11.8 Å². The zero-order valence-corrected chi connectivity index (χ0v) is 32.7. The van der Waals surface area contributed by atoms with Crippen molar-refractivity contribution in [2.45, 2.75) is 12.3 Å². The fourth-order valence-electron chi connectivity index (χ4n) is 9.81. The number of hydrogen-bond acceptors (Lipinski definition) is 1. The van der Waals surface area contributed by atoms with Crippen LogP contribution in [0.3, 0.4) is 0 Å². The van der Waals surface area contributed by atoms with Gasteiger partial charge in [0, 0.05) is 27.7 Å². The molecule has 0 amide bonds. The lowest BCUT2D eigenvalue weighted by Crippen LogP contribution is -2.28. The molecule has 0 spiro atoms. The number of amidine groups is 1. The minimum Gasteiger partial charge on any atom is -0.278 e. The third-order valence-corrected chi connectivity index (χ3v) is 12.6. The summed E-state index contributed by atoms with van der Waals surface area (Å²) in [7, 11) is 0. The highest BCUT2D eigenvalue weighted by Gasteiger charge is 2.46. The SMILES string of the molecule is C=N/C(=N\C(=N/C1=CC2(C)C=CC=CC2C=C1)c1ccc2ccccc2c1)n1c2ccccc2c2ccc(C3(c4ccccc4)c4ccccc4-c4ccccc43)cc21. The summed E-state index contributed by atoms with van der Waals surface area (Å²) in [4.78, 5) is 15.5. The van der Waals surface area contributed by atoms with Gasteiger partial charge in [0.1, 0.15) is 0 Å². The number of rotatable bonds is 4. The van der Waals surface area contributed by atoms with Gasteiger partial charge in [-0.25, -0.2) is 9.98 Å². The smallest absolute Gasteiger partial charge is 0.236 e. The maximum Gasteiger partial charge on any atom is 0.236 e. The number of aliphatic imine (C=N–C) groups is 3. The van der Waals surface area contributed by atoms with Crippen LogP contribution in [0, 0.1) is 11.3 Å². The van der Waals surface area contributed by atoms with Gasteiger partial charge < -0.3 is 0 Å². The summed E-state index contributed by atoms with van der Waals surface area (Å²) in [5.41, 5.74) is 10.4. The Bertz CT molecular complexity index is 3160. The number of nitrogens with zero attached hydrogens (tertiary/aromatic N) is 4. The molecule has 4 heteroatoms. The zero-order chi connectivity index (χ0) is 39.6. The van der Waals surface area contributed by atoms with Crippen LogP contribution in [0.2, 0.25) is 0 Å². The lowest BCUT2D eigenvalue weighted by Gasteiger charge is -2.34. The second kappa shape index (κ2) is 13.6. The third-order valence-electron chi connectivity index (χ3n) is 12.6. The Morgan fingerprint density at radius 3 is 2.10 bits per heavy atom. The van der Waals surface area contributed by atoms with Gasteiger partial charge in [-0.3, -0.25) is 4.57 Å². The van der Waals surface area contributed by atoms with Crippen LogP contribution in [0.4, 0.5) is 0 Å². The molecule has 59 heavy (non-hydrogen) atoms. The molecule has 8 aromatic rings. The lowest BCUT2D eigenvalue weighted by molar-refractivity contribution is 0.449. The standard InChI is InChI=1S/C55H40N4/c1-54-33-15-14-18-40(54)29-31-43(36-54)57-52(39-28-27-37-16-6-7-17-38(37)34-39)58-53(56-2)59-50-26-13-10-23-46(50)47-32-30-42(35-51(47)59)55(41-19-4-3-5-20-41)48-24-11-8-21-44(48)45-22-9-12-25-49(45)55/h3-36,40H,2H2,1H3/b57-52-,58-53+. The van der Waals surface area contributed by atoms with Gasteiger partial charge in [0.25, 0.3) is 0 Å². The van der Waals surface area contributed by atoms with E-state index < -0.39 is 5.41 Å². The predicted molar refractivity (Wildman–Crippen MR) is 247 cm³/mol. The minimum absolute atomic E-state index is 0.185. The Morgan fingerprint density at radius 2 is 1.31 bits per heavy atom. The molecule has 3 aliphatic carbocycles. The molecule has 0 saturated carbocycles. The molecule has 7 aromatic carbocycles. The highest BCUT2D eigenvalue weighted by atomic mass is 15.2. The van der Waals surface area contributed by atoms with Crippen molar-refractivity contribution in [3.8, 4) is 11.1 Å². The zero-order valence-electron chi connectivity index (χ0n) is 32.7. The predicted octanol–water partition coefficient (Wildman–Crippen LogP) is 12.9. The fourth-order valence-corrected chi connectivity index (χ4v) is 9.81. The van der Waals surface area contributed by atoms with Crippen molar-refractivity contribution < 1.29 is 0 Å². The molecule has 2 unspecified atom stereocenters. The Labute approximate surface area is 344 Å². The largest absolute Gasteiger partial charge is 0.278 e. The average molecular weight is 757 g/mol. The van der Waals surface area contributed by atoms with E-state index in [1.807, 2.05) is 0 Å². The van der Waals surface area contributed by atoms with Gasteiger partial charge in [0.05, 0.1) is 22.1 Å². The second-order valence-corrected chi connectivity index (χ2v) is 15.9. The first-order chi connectivity index (χ1) is 29.0. The van der Waals surface area contributed by atoms with E-state index in [2.05, 4.69) is 225 Å². The molecule has 11 rings (SSSR count). The molecule has 0 fully saturated rings. The maximum absolute atomic E-state index is 5.40. The van der Waals surface area contributed by atoms with Crippen molar-refractivity contribution in [2.75, 3.05) is 0 Å². The number of benzene rings is 7. The van der Waals surface area contributed by atoms with Crippen molar-refractivity contribution in [1.82, 2.24) is 4.57 Å². The third kappa shape index (κ3) is 5.40. The van der Waals surface area contributed by atoms with Crippen LogP contribution < -0.4 is 0 Å². The highest BCUT2D eigenvalue weighted by molar-refractivity contribution is 6.17. The molecule has 0 N–H and O–H groups in total. The number of aromatic nitrogens is 1. The Balaban J connectivity index is 1.17. The molecular formula is C55H40N4. The molecule has 1 aromatic heterocycles. The van der Waals surface area contributed by atoms with Crippen LogP contribution in [0.15, 0.2) is 227 Å². The van der Waals surface area contributed by atoms with Crippen molar-refractivity contribution in [1.29, 1.82) is 0 Å². The van der Waals surface area contributed by atoms with E-state index in [1.165, 1.54) is 33.4 Å². The van der Waals surface area contributed by atoms with E-state index >= 15 is 0 Å². The van der Waals surface area contributed by atoms with Gasteiger partial charge in [-0.1, -0.05) is 183 Å². The van der Waals surface area contributed by atoms with E-state index in [4.69, 9.17) is 15.0 Å². The summed E-state index contributed by atoms with van der Waals surface area (Å²) in [6, 6.07) is 58.9. The van der Waals surface area contributed by atoms with Crippen LogP contribution in [-0.2, 0) is 5.41 Å². The van der Waals surface area contributed by atoms with Gasteiger partial charge in [0.15, 0.2) is 5.84 Å². The van der Waals surface area contributed by atoms with Crippen molar-refractivity contribution >= 4 is 51.1 Å². The quantitative estimate of drug-likeness (QED) is 0.127. The minimum atomic E-state index is -0.558. The lowest BCUT2D eigenvalue weighted by atomic mass is 9.67. The van der Waals surface area contributed by atoms with Crippen LogP contribution >= 0.6 is 0 Å². The molecule has 280 valence electrons. The molecular weight excluding hydrogens is 717 g/mol. The molecule has 0 bridgehead atoms. The number of fused-ring (bicyclic) bond motifs is 8. The first-order valence-corrected chi connectivity index (χ1v) is 20.2. The number of hydrogen-bond donors (Lipinski definition) is 0. The molecule has 4 nitrogen and oxygen atoms in total. The van der Waals surface area contributed by atoms with Gasteiger partial charge in [-0.15, -0.1) is 0 Å². The van der Waals surface area contributed by atoms with Crippen LogP contribution in [-0.4, -0.2) is 23.1 Å². The molecule has 0 radical (unpaired) electrons. The summed E-state index contributed by atoms with van der Waals surface area (Å²) >= 11 is 0.